The fraction of sp³-hybridized carbons (Fsp3) is 0.273. The molecule has 1 saturated heterocycles. The van der Waals surface area contributed by atoms with Crippen LogP contribution in [0.2, 0.25) is 5.02 Å². The number of hydrogen-bond donors (Lipinski definition) is 2. The van der Waals surface area contributed by atoms with Crippen molar-refractivity contribution in [2.75, 3.05) is 36.4 Å². The van der Waals surface area contributed by atoms with Gasteiger partial charge in [0.1, 0.15) is 18.6 Å². The highest BCUT2D eigenvalue weighted by Crippen LogP contribution is 2.34. The summed E-state index contributed by atoms with van der Waals surface area (Å²) in [6.45, 7) is 3.77. The van der Waals surface area contributed by atoms with Crippen LogP contribution in [0.5, 0.6) is 5.75 Å². The summed E-state index contributed by atoms with van der Waals surface area (Å²) in [6, 6.07) is 10.1. The van der Waals surface area contributed by atoms with Crippen LogP contribution >= 0.6 is 22.9 Å². The van der Waals surface area contributed by atoms with Crippen LogP contribution in [0.25, 0.3) is 26.8 Å². The van der Waals surface area contributed by atoms with Crippen molar-refractivity contribution in [1.82, 2.24) is 39.0 Å². The molecule has 2 N–H and O–H groups in total. The standard InChI is InChI=1S/C33H28ClF3N10O4S/c1-3-22-26(44-10-12-45(13-11-44)30(50)25-27(49)17(2)38-16-39-25)31(51)47-32(42-28(43-47)29-41-21-6-4-5-7-23(21)52-29)46(22)15-24(48)40-20-9-8-18(14-19(20)34)33(35,36)37/h4-9,14,16,49H,3,10-13,15H2,1-2H3,(H,40,48). The summed E-state index contributed by atoms with van der Waals surface area (Å²) in [6.07, 6.45) is -3.15. The molecule has 14 nitrogen and oxygen atoms in total. The maximum Gasteiger partial charge on any atom is 0.416 e. The van der Waals surface area contributed by atoms with Crippen molar-refractivity contribution >= 4 is 62.1 Å². The molecule has 7 rings (SSSR count). The summed E-state index contributed by atoms with van der Waals surface area (Å²) in [4.78, 5) is 61.5. The molecule has 2 aromatic carbocycles. The molecule has 52 heavy (non-hydrogen) atoms. The van der Waals surface area contributed by atoms with E-state index in [2.05, 4.69) is 30.4 Å². The zero-order valence-corrected chi connectivity index (χ0v) is 29.1. The van der Waals surface area contributed by atoms with Gasteiger partial charge in [0.25, 0.3) is 11.5 Å². The van der Waals surface area contributed by atoms with Gasteiger partial charge in [0.05, 0.1) is 37.9 Å². The molecule has 1 fully saturated rings. The van der Waals surface area contributed by atoms with Gasteiger partial charge in [-0.15, -0.1) is 16.4 Å². The van der Waals surface area contributed by atoms with Crippen LogP contribution in [0.1, 0.15) is 34.4 Å². The Kier molecular flexibility index (Phi) is 9.04. The van der Waals surface area contributed by atoms with Crippen LogP contribution in [-0.2, 0) is 23.9 Å². The fourth-order valence-electron chi connectivity index (χ4n) is 6.02. The molecule has 0 spiro atoms. The van der Waals surface area contributed by atoms with Crippen molar-refractivity contribution in [2.45, 2.75) is 33.0 Å². The number of aromatic nitrogens is 7. The lowest BCUT2D eigenvalue weighted by Crippen LogP contribution is -2.51. The van der Waals surface area contributed by atoms with Gasteiger partial charge < -0.3 is 24.8 Å². The second-order valence-electron chi connectivity index (χ2n) is 11.9. The Labute approximate surface area is 301 Å². The zero-order valence-electron chi connectivity index (χ0n) is 27.5. The number of rotatable bonds is 7. The van der Waals surface area contributed by atoms with Crippen molar-refractivity contribution in [3.8, 4) is 16.6 Å². The number of thiazole rings is 1. The van der Waals surface area contributed by atoms with E-state index in [-0.39, 0.29) is 77.7 Å². The molecule has 5 heterocycles. The summed E-state index contributed by atoms with van der Waals surface area (Å²) in [5, 5.41) is 17.6. The maximum atomic E-state index is 14.3. The molecule has 0 radical (unpaired) electrons. The predicted molar refractivity (Wildman–Crippen MR) is 187 cm³/mol. The molecule has 0 saturated carbocycles. The van der Waals surface area contributed by atoms with E-state index in [1.54, 1.807) is 18.7 Å². The number of aryl methyl sites for hydroxylation is 1. The normalized spacial score (nSPS) is 13.7. The monoisotopic (exact) mass is 752 g/mol. The van der Waals surface area contributed by atoms with Crippen molar-refractivity contribution in [3.05, 3.63) is 86.8 Å². The molecule has 19 heteroatoms. The Morgan fingerprint density at radius 1 is 1.06 bits per heavy atom. The molecule has 268 valence electrons. The highest BCUT2D eigenvalue weighted by Gasteiger charge is 2.32. The summed E-state index contributed by atoms with van der Waals surface area (Å²) in [5.74, 6) is -1.22. The van der Waals surface area contributed by atoms with Crippen LogP contribution in [0, 0.1) is 6.92 Å². The first-order valence-electron chi connectivity index (χ1n) is 15.9. The van der Waals surface area contributed by atoms with Gasteiger partial charge in [0.15, 0.2) is 16.5 Å². The summed E-state index contributed by atoms with van der Waals surface area (Å²) in [5.41, 5.74) is 0.0473. The summed E-state index contributed by atoms with van der Waals surface area (Å²) >= 11 is 7.46. The number of piperazine rings is 1. The van der Waals surface area contributed by atoms with Crippen LogP contribution in [0.4, 0.5) is 24.5 Å². The second kappa shape index (κ2) is 13.5. The van der Waals surface area contributed by atoms with E-state index in [0.29, 0.717) is 10.7 Å². The Bertz CT molecular complexity index is 2410. The van der Waals surface area contributed by atoms with Crippen LogP contribution in [0.3, 0.4) is 0 Å². The number of fused-ring (bicyclic) bond motifs is 2. The van der Waals surface area contributed by atoms with Crippen LogP contribution in [-0.4, -0.2) is 82.1 Å². The van der Waals surface area contributed by atoms with Crippen LogP contribution < -0.4 is 15.8 Å². The lowest BCUT2D eigenvalue weighted by atomic mass is 10.2. The molecule has 4 aromatic heterocycles. The number of nitrogens with zero attached hydrogens (tertiary/aromatic N) is 9. The van der Waals surface area contributed by atoms with E-state index < -0.39 is 35.7 Å². The number of para-hydroxylation sites is 1. The van der Waals surface area contributed by atoms with Gasteiger partial charge in [-0.1, -0.05) is 30.7 Å². The van der Waals surface area contributed by atoms with Crippen molar-refractivity contribution in [3.63, 3.8) is 0 Å². The van der Waals surface area contributed by atoms with E-state index in [1.165, 1.54) is 27.1 Å². The van der Waals surface area contributed by atoms with E-state index in [1.807, 2.05) is 24.3 Å². The van der Waals surface area contributed by atoms with E-state index in [9.17, 15) is 32.7 Å². The lowest BCUT2D eigenvalue weighted by molar-refractivity contribution is -0.137. The number of aromatic hydroxyl groups is 1. The maximum absolute atomic E-state index is 14.3. The highest BCUT2D eigenvalue weighted by molar-refractivity contribution is 7.21. The largest absolute Gasteiger partial charge is 0.504 e. The number of benzene rings is 2. The van der Waals surface area contributed by atoms with Gasteiger partial charge in [-0.05, 0) is 43.7 Å². The molecule has 0 atom stereocenters. The van der Waals surface area contributed by atoms with Crippen molar-refractivity contribution in [2.24, 2.45) is 0 Å². The molecule has 0 bridgehead atoms. The third kappa shape index (κ3) is 6.38. The number of halogens is 4. The van der Waals surface area contributed by atoms with Gasteiger partial charge in [0, 0.05) is 26.2 Å². The number of carbonyl (C=O) groups is 2. The topological polar surface area (TPSA) is 164 Å². The van der Waals surface area contributed by atoms with Gasteiger partial charge in [-0.2, -0.15) is 22.7 Å². The fourth-order valence-corrected chi connectivity index (χ4v) is 7.14. The first-order valence-corrected chi connectivity index (χ1v) is 17.1. The average molecular weight is 753 g/mol. The number of amides is 2. The van der Waals surface area contributed by atoms with Gasteiger partial charge >= 0.3 is 6.18 Å². The second-order valence-corrected chi connectivity index (χ2v) is 13.3. The molecule has 1 aliphatic heterocycles. The SMILES string of the molecule is CCc1c(N2CCN(C(=O)c3ncnc(C)c3O)CC2)c(=O)n2nc(-c3nc4ccccc4s3)nc2n1CC(=O)Nc1ccc(C(F)(F)F)cc1Cl. The van der Waals surface area contributed by atoms with Crippen molar-refractivity contribution < 1.29 is 27.9 Å². The van der Waals surface area contributed by atoms with Gasteiger partial charge in [0.2, 0.25) is 17.5 Å². The Morgan fingerprint density at radius 3 is 2.50 bits per heavy atom. The van der Waals surface area contributed by atoms with Gasteiger partial charge in [-0.25, -0.2) is 15.0 Å². The molecule has 6 aromatic rings. The van der Waals surface area contributed by atoms with Crippen LogP contribution in [0.15, 0.2) is 53.6 Å². The molecule has 0 unspecified atom stereocenters. The molecular weight excluding hydrogens is 725 g/mol. The third-order valence-corrected chi connectivity index (χ3v) is 9.95. The predicted octanol–water partition coefficient (Wildman–Crippen LogP) is 4.81. The minimum atomic E-state index is -4.62. The first kappa shape index (κ1) is 34.8. The number of carbonyl (C=O) groups excluding carboxylic acids is 2. The minimum Gasteiger partial charge on any atom is -0.504 e. The quantitative estimate of drug-likeness (QED) is 0.232. The Hall–Kier alpha value is -5.62. The number of nitrogens with one attached hydrogen (secondary N) is 1. The average Bonchev–Trinajstić information content (AvgIpc) is 3.76. The number of hydrogen-bond acceptors (Lipinski definition) is 11. The Balaban J connectivity index is 1.26. The number of anilines is 2. The summed E-state index contributed by atoms with van der Waals surface area (Å²) < 4.78 is 43.2. The third-order valence-electron chi connectivity index (χ3n) is 8.61. The first-order chi connectivity index (χ1) is 24.8. The van der Waals surface area contributed by atoms with Gasteiger partial charge in [-0.3, -0.25) is 14.4 Å². The van der Waals surface area contributed by atoms with E-state index in [4.69, 9.17) is 11.6 Å². The number of alkyl halides is 3. The smallest absolute Gasteiger partial charge is 0.416 e. The van der Waals surface area contributed by atoms with E-state index in [0.717, 1.165) is 32.9 Å². The summed E-state index contributed by atoms with van der Waals surface area (Å²) in [7, 11) is 0. The molecule has 1 aliphatic rings. The minimum absolute atomic E-state index is 0.0302. The van der Waals surface area contributed by atoms with E-state index >= 15 is 0 Å². The molecular formula is C33H28ClF3N10O4S. The molecule has 0 aliphatic carbocycles. The highest BCUT2D eigenvalue weighted by atomic mass is 35.5. The lowest BCUT2D eigenvalue weighted by Gasteiger charge is -2.36. The molecule has 2 amide bonds. The Morgan fingerprint density at radius 2 is 1.81 bits per heavy atom. The zero-order chi connectivity index (χ0) is 36.9. The van der Waals surface area contributed by atoms with Crippen molar-refractivity contribution in [1.29, 1.82) is 0 Å².